The molecule has 0 heterocycles. The molecule has 3 unspecified atom stereocenters. The highest BCUT2D eigenvalue weighted by Crippen LogP contribution is 2.35. The Balaban J connectivity index is 1.35. The van der Waals surface area contributed by atoms with E-state index in [1.807, 2.05) is 0 Å². The molecule has 0 bridgehead atoms. The van der Waals surface area contributed by atoms with E-state index in [0.29, 0.717) is 23.7 Å². The summed E-state index contributed by atoms with van der Waals surface area (Å²) in [5, 5.41) is 0. The highest BCUT2D eigenvalue weighted by atomic mass is 14.3. The van der Waals surface area contributed by atoms with E-state index in [-0.39, 0.29) is 0 Å². The fourth-order valence-electron chi connectivity index (χ4n) is 6.37. The molecule has 0 amide bonds. The maximum atomic E-state index is 3.74. The molecule has 0 aromatic rings. The smallest absolute Gasteiger partial charge is 0.0229 e. The first kappa shape index (κ1) is 24.8. The minimum atomic E-state index is 0.630. The zero-order valence-electron chi connectivity index (χ0n) is 21.1. The van der Waals surface area contributed by atoms with E-state index < -0.39 is 0 Å². The van der Waals surface area contributed by atoms with Crippen molar-refractivity contribution in [3.63, 3.8) is 0 Å². The zero-order valence-corrected chi connectivity index (χ0v) is 21.1. The average Bonchev–Trinajstić information content (AvgIpc) is 2.81. The van der Waals surface area contributed by atoms with E-state index in [1.165, 1.54) is 109 Å². The van der Waals surface area contributed by atoms with Crippen molar-refractivity contribution in [2.24, 2.45) is 41.4 Å². The van der Waals surface area contributed by atoms with Crippen LogP contribution >= 0.6 is 0 Å². The van der Waals surface area contributed by atoms with Gasteiger partial charge >= 0.3 is 0 Å². The van der Waals surface area contributed by atoms with Gasteiger partial charge in [-0.2, -0.15) is 0 Å². The summed E-state index contributed by atoms with van der Waals surface area (Å²) in [4.78, 5) is 0. The average molecular weight is 423 g/mol. The van der Waals surface area contributed by atoms with Crippen molar-refractivity contribution < 1.29 is 0 Å². The predicted octanol–water partition coefficient (Wildman–Crippen LogP) is 9.04. The Morgan fingerprint density at radius 1 is 0.581 bits per heavy atom. The molecule has 3 aliphatic carbocycles. The van der Waals surface area contributed by atoms with Gasteiger partial charge in [0, 0.05) is 23.7 Å². The lowest BCUT2D eigenvalue weighted by molar-refractivity contribution is 0.271. The fourth-order valence-corrected chi connectivity index (χ4v) is 6.37. The van der Waals surface area contributed by atoms with Gasteiger partial charge in [0.15, 0.2) is 0 Å². The Bertz CT molecular complexity index is 606. The van der Waals surface area contributed by atoms with Gasteiger partial charge in [-0.05, 0) is 88.4 Å². The van der Waals surface area contributed by atoms with Gasteiger partial charge in [-0.15, -0.1) is 0 Å². The molecule has 3 fully saturated rings. The van der Waals surface area contributed by atoms with Gasteiger partial charge in [-0.25, -0.2) is 0 Å². The Kier molecular flexibility index (Phi) is 10.9. The summed E-state index contributed by atoms with van der Waals surface area (Å²) >= 11 is 0. The van der Waals surface area contributed by atoms with Gasteiger partial charge in [0.2, 0.25) is 0 Å². The lowest BCUT2D eigenvalue weighted by atomic mass is 9.74. The van der Waals surface area contributed by atoms with E-state index in [9.17, 15) is 0 Å². The summed E-state index contributed by atoms with van der Waals surface area (Å²) in [7, 11) is 0. The van der Waals surface area contributed by atoms with Crippen LogP contribution in [0.4, 0.5) is 0 Å². The third kappa shape index (κ3) is 8.53. The van der Waals surface area contributed by atoms with Crippen molar-refractivity contribution in [1.29, 1.82) is 0 Å². The van der Waals surface area contributed by atoms with Gasteiger partial charge in [0.05, 0.1) is 0 Å². The molecule has 0 radical (unpaired) electrons. The normalized spacial score (nSPS) is 36.0. The largest absolute Gasteiger partial charge is 0.0996 e. The van der Waals surface area contributed by atoms with Crippen LogP contribution in [0.5, 0.6) is 0 Å². The van der Waals surface area contributed by atoms with Crippen LogP contribution in [0.3, 0.4) is 0 Å². The molecule has 3 saturated carbocycles. The summed E-state index contributed by atoms with van der Waals surface area (Å²) in [6.07, 6.45) is 23.5. The minimum Gasteiger partial charge on any atom is -0.0996 e. The molecule has 3 atom stereocenters. The zero-order chi connectivity index (χ0) is 21.9. The fraction of sp³-hybridized carbons (Fsp3) is 0.871. The highest BCUT2D eigenvalue weighted by Gasteiger charge is 2.26. The predicted molar refractivity (Wildman–Crippen MR) is 135 cm³/mol. The summed E-state index contributed by atoms with van der Waals surface area (Å²) in [6.45, 7) is 7.09. The first-order valence-corrected chi connectivity index (χ1v) is 14.2. The van der Waals surface area contributed by atoms with Crippen molar-refractivity contribution >= 4 is 0 Å². The molecule has 3 aliphatic rings. The third-order valence-corrected chi connectivity index (χ3v) is 8.87. The van der Waals surface area contributed by atoms with Crippen molar-refractivity contribution in [3.05, 3.63) is 0 Å². The standard InChI is InChI=1S/C31H50/c1-4-6-7-8-9-27-14-16-28(17-15-27)18-19-30-21-23-31(25(3)24-30)22-20-29-12-10-26(5-2)11-13-29/h25-31H,4-17,21,23-24H2,1-3H3. The topological polar surface area (TPSA) is 0 Å². The molecule has 0 aromatic carbocycles. The Morgan fingerprint density at radius 2 is 1.16 bits per heavy atom. The van der Waals surface area contributed by atoms with Crippen LogP contribution in [0.1, 0.15) is 130 Å². The van der Waals surface area contributed by atoms with Gasteiger partial charge in [0.1, 0.15) is 0 Å². The van der Waals surface area contributed by atoms with Crippen LogP contribution in [-0.4, -0.2) is 0 Å². The summed E-state index contributed by atoms with van der Waals surface area (Å²) < 4.78 is 0. The third-order valence-electron chi connectivity index (χ3n) is 8.87. The molecule has 0 heteroatoms. The van der Waals surface area contributed by atoms with Crippen LogP contribution < -0.4 is 0 Å². The second-order valence-electron chi connectivity index (χ2n) is 11.4. The van der Waals surface area contributed by atoms with E-state index in [4.69, 9.17) is 0 Å². The first-order valence-electron chi connectivity index (χ1n) is 14.2. The van der Waals surface area contributed by atoms with Crippen molar-refractivity contribution in [2.75, 3.05) is 0 Å². The number of rotatable bonds is 6. The Hall–Kier alpha value is -0.880. The summed E-state index contributed by atoms with van der Waals surface area (Å²) in [5.74, 6) is 20.3. The molecule has 0 N–H and O–H groups in total. The molecule has 0 saturated heterocycles. The lowest BCUT2D eigenvalue weighted by Crippen LogP contribution is -2.22. The van der Waals surface area contributed by atoms with Gasteiger partial charge in [0.25, 0.3) is 0 Å². The van der Waals surface area contributed by atoms with E-state index in [0.717, 1.165) is 17.8 Å². The van der Waals surface area contributed by atoms with Crippen molar-refractivity contribution in [2.45, 2.75) is 130 Å². The number of unbranched alkanes of at least 4 members (excludes halogenated alkanes) is 3. The second-order valence-corrected chi connectivity index (χ2v) is 11.4. The van der Waals surface area contributed by atoms with E-state index >= 15 is 0 Å². The lowest BCUT2D eigenvalue weighted by Gasteiger charge is -2.30. The Morgan fingerprint density at radius 3 is 1.77 bits per heavy atom. The van der Waals surface area contributed by atoms with E-state index in [1.54, 1.807) is 0 Å². The quantitative estimate of drug-likeness (QED) is 0.296. The maximum Gasteiger partial charge on any atom is 0.0229 e. The summed E-state index contributed by atoms with van der Waals surface area (Å²) in [5.41, 5.74) is 0. The van der Waals surface area contributed by atoms with Gasteiger partial charge < -0.3 is 0 Å². The van der Waals surface area contributed by atoms with Crippen LogP contribution in [0, 0.1) is 65.1 Å². The van der Waals surface area contributed by atoms with Crippen molar-refractivity contribution in [1.82, 2.24) is 0 Å². The number of hydrogen-bond donors (Lipinski definition) is 0. The highest BCUT2D eigenvalue weighted by molar-refractivity contribution is 5.14. The van der Waals surface area contributed by atoms with Crippen LogP contribution in [0.15, 0.2) is 0 Å². The van der Waals surface area contributed by atoms with Crippen molar-refractivity contribution in [3.8, 4) is 23.7 Å². The maximum absolute atomic E-state index is 3.74. The molecule has 174 valence electrons. The molecule has 0 aliphatic heterocycles. The SMILES string of the molecule is CCCCCCC1CCC(C#CC2CCC(C#CC3CCC(CC)CC3)C(C)C2)CC1. The molecule has 31 heavy (non-hydrogen) atoms. The van der Waals surface area contributed by atoms with Crippen LogP contribution in [0.2, 0.25) is 0 Å². The molecule has 3 rings (SSSR count). The minimum absolute atomic E-state index is 0.630. The molecular formula is C31H50. The molecule has 0 spiro atoms. The van der Waals surface area contributed by atoms with Crippen LogP contribution in [0.25, 0.3) is 0 Å². The summed E-state index contributed by atoms with van der Waals surface area (Å²) in [6, 6.07) is 0. The van der Waals surface area contributed by atoms with Crippen LogP contribution in [-0.2, 0) is 0 Å². The molecule has 0 nitrogen and oxygen atoms in total. The van der Waals surface area contributed by atoms with Gasteiger partial charge in [-0.3, -0.25) is 0 Å². The van der Waals surface area contributed by atoms with Gasteiger partial charge in [-0.1, -0.05) is 83.0 Å². The number of hydrogen-bond acceptors (Lipinski definition) is 0. The second kappa shape index (κ2) is 13.6. The monoisotopic (exact) mass is 422 g/mol. The van der Waals surface area contributed by atoms with E-state index in [2.05, 4.69) is 44.5 Å². The Labute approximate surface area is 195 Å². The first-order chi connectivity index (χ1) is 15.2. The molecular weight excluding hydrogens is 372 g/mol. The molecule has 0 aromatic heterocycles.